The Balaban J connectivity index is 1.74. The molecule has 3 nitrogen and oxygen atoms in total. The average molecular weight is 285 g/mol. The van der Waals surface area contributed by atoms with Crippen molar-refractivity contribution in [1.82, 2.24) is 10.2 Å². The van der Waals surface area contributed by atoms with Gasteiger partial charge in [0, 0.05) is 25.0 Å². The van der Waals surface area contributed by atoms with Gasteiger partial charge in [-0.25, -0.2) is 0 Å². The van der Waals surface area contributed by atoms with Crippen molar-refractivity contribution in [3.8, 4) is 0 Å². The Morgan fingerprint density at radius 3 is 2.43 bits per heavy atom. The van der Waals surface area contributed by atoms with Crippen LogP contribution in [0.5, 0.6) is 0 Å². The molecule has 1 aromatic carbocycles. The smallest absolute Gasteiger partial charge is 0.193 e. The third-order valence-electron chi connectivity index (χ3n) is 4.97. The number of nitrogens with zero attached hydrogens (tertiary/aromatic N) is 2. The minimum atomic E-state index is 0.293. The summed E-state index contributed by atoms with van der Waals surface area (Å²) in [6.45, 7) is 6.35. The van der Waals surface area contributed by atoms with Crippen LogP contribution < -0.4 is 5.32 Å². The van der Waals surface area contributed by atoms with Gasteiger partial charge in [0.15, 0.2) is 5.96 Å². The van der Waals surface area contributed by atoms with Crippen LogP contribution in [0.25, 0.3) is 0 Å². The molecule has 3 heteroatoms. The van der Waals surface area contributed by atoms with Gasteiger partial charge in [-0.3, -0.25) is 4.99 Å². The Hall–Kier alpha value is -1.51. The van der Waals surface area contributed by atoms with Gasteiger partial charge < -0.3 is 10.2 Å². The van der Waals surface area contributed by atoms with Gasteiger partial charge in [0.25, 0.3) is 0 Å². The van der Waals surface area contributed by atoms with Crippen molar-refractivity contribution in [2.24, 2.45) is 4.99 Å². The number of nitrogens with one attached hydrogen (secondary N) is 1. The van der Waals surface area contributed by atoms with Crippen molar-refractivity contribution in [2.75, 3.05) is 26.2 Å². The van der Waals surface area contributed by atoms with E-state index in [2.05, 4.69) is 47.5 Å². The van der Waals surface area contributed by atoms with Gasteiger partial charge in [-0.05, 0) is 38.2 Å². The molecular weight excluding hydrogens is 258 g/mol. The molecule has 0 radical (unpaired) electrons. The predicted molar refractivity (Wildman–Crippen MR) is 88.8 cm³/mol. The van der Waals surface area contributed by atoms with Crippen molar-refractivity contribution in [1.29, 1.82) is 0 Å². The quantitative estimate of drug-likeness (QED) is 0.680. The van der Waals surface area contributed by atoms with E-state index >= 15 is 0 Å². The minimum absolute atomic E-state index is 0.293. The molecule has 1 saturated heterocycles. The number of guanidine groups is 1. The highest BCUT2D eigenvalue weighted by molar-refractivity contribution is 5.80. The fourth-order valence-electron chi connectivity index (χ4n) is 3.51. The molecule has 0 spiro atoms. The van der Waals surface area contributed by atoms with Crippen LogP contribution in [0, 0.1) is 0 Å². The largest absolute Gasteiger partial charge is 0.357 e. The van der Waals surface area contributed by atoms with Crippen LogP contribution >= 0.6 is 0 Å². The standard InChI is InChI=1S/C18H27N3/c1-2-19-17(21-13-6-7-14-21)20-15-18(11-8-12-18)16-9-4-3-5-10-16/h3-5,9-10H,2,6-8,11-15H2,1H3,(H,19,20). The van der Waals surface area contributed by atoms with E-state index in [4.69, 9.17) is 4.99 Å². The van der Waals surface area contributed by atoms with E-state index in [1.54, 1.807) is 0 Å². The van der Waals surface area contributed by atoms with Crippen LogP contribution in [0.4, 0.5) is 0 Å². The predicted octanol–water partition coefficient (Wildman–Crippen LogP) is 3.17. The maximum atomic E-state index is 5.00. The molecule has 0 atom stereocenters. The highest BCUT2D eigenvalue weighted by Gasteiger charge is 2.38. The Kier molecular flexibility index (Phi) is 4.47. The second-order valence-corrected chi connectivity index (χ2v) is 6.36. The molecule has 1 N–H and O–H groups in total. The molecule has 0 aromatic heterocycles. The molecule has 21 heavy (non-hydrogen) atoms. The van der Waals surface area contributed by atoms with Crippen LogP contribution in [-0.4, -0.2) is 37.0 Å². The second kappa shape index (κ2) is 6.50. The zero-order valence-corrected chi connectivity index (χ0v) is 13.1. The summed E-state index contributed by atoms with van der Waals surface area (Å²) in [5, 5.41) is 3.47. The maximum Gasteiger partial charge on any atom is 0.193 e. The molecule has 2 fully saturated rings. The fraction of sp³-hybridized carbons (Fsp3) is 0.611. The van der Waals surface area contributed by atoms with Crippen molar-refractivity contribution in [3.63, 3.8) is 0 Å². The third kappa shape index (κ3) is 3.07. The summed E-state index contributed by atoms with van der Waals surface area (Å²) in [6, 6.07) is 11.0. The molecule has 0 amide bonds. The summed E-state index contributed by atoms with van der Waals surface area (Å²) < 4.78 is 0. The summed E-state index contributed by atoms with van der Waals surface area (Å²) >= 11 is 0. The van der Waals surface area contributed by atoms with Gasteiger partial charge in [-0.15, -0.1) is 0 Å². The summed E-state index contributed by atoms with van der Waals surface area (Å²) in [6.07, 6.45) is 6.49. The van der Waals surface area contributed by atoms with Gasteiger partial charge in [-0.1, -0.05) is 36.8 Å². The van der Waals surface area contributed by atoms with E-state index < -0.39 is 0 Å². The lowest BCUT2D eigenvalue weighted by Gasteiger charge is -2.41. The first-order valence-electron chi connectivity index (χ1n) is 8.43. The minimum Gasteiger partial charge on any atom is -0.357 e. The highest BCUT2D eigenvalue weighted by atomic mass is 15.3. The number of likely N-dealkylation sites (tertiary alicyclic amines) is 1. The van der Waals surface area contributed by atoms with E-state index in [1.165, 1.54) is 37.7 Å². The Morgan fingerprint density at radius 2 is 1.86 bits per heavy atom. The number of hydrogen-bond donors (Lipinski definition) is 1. The number of hydrogen-bond acceptors (Lipinski definition) is 1. The molecule has 1 aliphatic carbocycles. The second-order valence-electron chi connectivity index (χ2n) is 6.36. The van der Waals surface area contributed by atoms with E-state index in [0.717, 1.165) is 32.1 Å². The molecule has 1 aromatic rings. The van der Waals surface area contributed by atoms with E-state index in [1.807, 2.05) is 0 Å². The molecule has 1 saturated carbocycles. The van der Waals surface area contributed by atoms with E-state index in [-0.39, 0.29) is 0 Å². The lowest BCUT2D eigenvalue weighted by atomic mass is 9.64. The molecule has 2 aliphatic rings. The Bertz CT molecular complexity index is 470. The van der Waals surface area contributed by atoms with Crippen molar-refractivity contribution in [3.05, 3.63) is 35.9 Å². The molecule has 114 valence electrons. The van der Waals surface area contributed by atoms with Gasteiger partial charge in [0.1, 0.15) is 0 Å². The topological polar surface area (TPSA) is 27.6 Å². The average Bonchev–Trinajstić information content (AvgIpc) is 3.00. The zero-order valence-electron chi connectivity index (χ0n) is 13.1. The lowest BCUT2D eigenvalue weighted by Crippen LogP contribution is -2.42. The summed E-state index contributed by atoms with van der Waals surface area (Å²) in [4.78, 5) is 7.42. The van der Waals surface area contributed by atoms with E-state index in [0.29, 0.717) is 5.41 Å². The number of benzene rings is 1. The van der Waals surface area contributed by atoms with Crippen molar-refractivity contribution >= 4 is 5.96 Å². The number of rotatable bonds is 4. The van der Waals surface area contributed by atoms with Crippen LogP contribution in [0.2, 0.25) is 0 Å². The van der Waals surface area contributed by atoms with Crippen LogP contribution in [0.1, 0.15) is 44.6 Å². The van der Waals surface area contributed by atoms with Crippen LogP contribution in [0.3, 0.4) is 0 Å². The Morgan fingerprint density at radius 1 is 1.14 bits per heavy atom. The zero-order chi connectivity index (χ0) is 14.5. The summed E-state index contributed by atoms with van der Waals surface area (Å²) in [5.41, 5.74) is 1.76. The van der Waals surface area contributed by atoms with Crippen molar-refractivity contribution in [2.45, 2.75) is 44.4 Å². The first-order valence-corrected chi connectivity index (χ1v) is 8.43. The molecule has 0 bridgehead atoms. The lowest BCUT2D eigenvalue weighted by molar-refractivity contribution is 0.252. The SMILES string of the molecule is CCNC(=NCC1(c2ccccc2)CCC1)N1CCCC1. The molecule has 3 rings (SSSR count). The van der Waals surface area contributed by atoms with Gasteiger partial charge in [-0.2, -0.15) is 0 Å². The van der Waals surface area contributed by atoms with Crippen LogP contribution in [0.15, 0.2) is 35.3 Å². The Labute approximate surface area is 128 Å². The molecule has 1 aliphatic heterocycles. The van der Waals surface area contributed by atoms with Gasteiger partial charge >= 0.3 is 0 Å². The highest BCUT2D eigenvalue weighted by Crippen LogP contribution is 2.43. The van der Waals surface area contributed by atoms with Crippen molar-refractivity contribution < 1.29 is 0 Å². The molecule has 1 heterocycles. The molecular formula is C18H27N3. The summed E-state index contributed by atoms with van der Waals surface area (Å²) in [7, 11) is 0. The monoisotopic (exact) mass is 285 g/mol. The normalized spacial score (nSPS) is 21.2. The summed E-state index contributed by atoms with van der Waals surface area (Å²) in [5.74, 6) is 1.12. The van der Waals surface area contributed by atoms with Gasteiger partial charge in [0.2, 0.25) is 0 Å². The first-order chi connectivity index (χ1) is 10.3. The number of aliphatic imine (C=N–C) groups is 1. The van der Waals surface area contributed by atoms with Gasteiger partial charge in [0.05, 0.1) is 6.54 Å². The fourth-order valence-corrected chi connectivity index (χ4v) is 3.51. The third-order valence-corrected chi connectivity index (χ3v) is 4.97. The first kappa shape index (κ1) is 14.4. The maximum absolute atomic E-state index is 5.00. The van der Waals surface area contributed by atoms with E-state index in [9.17, 15) is 0 Å². The van der Waals surface area contributed by atoms with Crippen LogP contribution in [-0.2, 0) is 5.41 Å². The molecule has 0 unspecified atom stereocenters.